The molecule has 0 aromatic heterocycles. The zero-order chi connectivity index (χ0) is 21.1. The van der Waals surface area contributed by atoms with Crippen LogP contribution in [0.4, 0.5) is 0 Å². The lowest BCUT2D eigenvalue weighted by atomic mass is 9.58. The maximum atomic E-state index is 9.78. The second-order valence-electron chi connectivity index (χ2n) is 9.47. The van der Waals surface area contributed by atoms with Gasteiger partial charge in [-0.15, -0.1) is 0 Å². The lowest BCUT2D eigenvalue weighted by molar-refractivity contribution is -0.578. The molecule has 162 valence electrons. The van der Waals surface area contributed by atoms with E-state index >= 15 is 0 Å². The third-order valence-electron chi connectivity index (χ3n) is 7.66. The summed E-state index contributed by atoms with van der Waals surface area (Å²) in [6.07, 6.45) is 2.06. The molecule has 1 aliphatic carbocycles. The fourth-order valence-corrected chi connectivity index (χ4v) is 6.25. The number of halogens is 1. The van der Waals surface area contributed by atoms with Gasteiger partial charge in [-0.1, -0.05) is 41.9 Å². The van der Waals surface area contributed by atoms with Crippen molar-refractivity contribution < 1.29 is 24.0 Å². The average Bonchev–Trinajstić information content (AvgIpc) is 2.96. The third kappa shape index (κ3) is 3.16. The quantitative estimate of drug-likeness (QED) is 0.554. The van der Waals surface area contributed by atoms with Crippen molar-refractivity contribution in [3.63, 3.8) is 0 Å². The summed E-state index contributed by atoms with van der Waals surface area (Å²) in [6.45, 7) is 6.34. The Balaban J connectivity index is 1.45. The van der Waals surface area contributed by atoms with E-state index in [1.54, 1.807) is 0 Å². The van der Waals surface area contributed by atoms with E-state index in [1.165, 1.54) is 0 Å². The second-order valence-corrected chi connectivity index (χ2v) is 10.4. The van der Waals surface area contributed by atoms with Crippen LogP contribution in [0.15, 0.2) is 28.7 Å². The number of benzene rings is 1. The molecule has 7 heteroatoms. The SMILES string of the molecule is C[C@H]1C(OC(C#N)c2ccc(Br)cc2)O[C@@H]2O[C@@]3(C)CC[C@H]4[C@H](C)CCC1C24OO3. The van der Waals surface area contributed by atoms with Gasteiger partial charge in [-0.05, 0) is 55.7 Å². The number of nitriles is 1. The third-order valence-corrected chi connectivity index (χ3v) is 8.19. The first-order valence-corrected chi connectivity index (χ1v) is 11.7. The molecule has 1 aromatic rings. The van der Waals surface area contributed by atoms with E-state index in [0.717, 1.165) is 35.7 Å². The molecule has 30 heavy (non-hydrogen) atoms. The van der Waals surface area contributed by atoms with Crippen LogP contribution in [0.25, 0.3) is 0 Å². The molecule has 6 nitrogen and oxygen atoms in total. The molecule has 0 radical (unpaired) electrons. The van der Waals surface area contributed by atoms with Crippen LogP contribution < -0.4 is 0 Å². The van der Waals surface area contributed by atoms with E-state index in [0.29, 0.717) is 11.8 Å². The van der Waals surface area contributed by atoms with Crippen LogP contribution in [0.5, 0.6) is 0 Å². The molecular weight excluding hydrogens is 450 g/mol. The standard InChI is InChI=1S/C23H28BrNO5/c1-13-4-9-18-14(2)20(26-19(12-25)15-5-7-16(24)8-6-15)27-21-23(18)17(13)10-11-22(3,28-21)29-30-23/h5-8,13-14,17-21H,4,9-11H2,1-3H3/t13-,14-,17+,18?,19?,20?,21-,22-,23?/m1/s1. The van der Waals surface area contributed by atoms with Crippen molar-refractivity contribution in [2.45, 2.75) is 76.5 Å². The molecule has 4 aliphatic heterocycles. The van der Waals surface area contributed by atoms with Gasteiger partial charge in [0.25, 0.3) is 0 Å². The van der Waals surface area contributed by atoms with Gasteiger partial charge in [0.1, 0.15) is 0 Å². The molecule has 4 unspecified atom stereocenters. The van der Waals surface area contributed by atoms with Gasteiger partial charge in [-0.3, -0.25) is 0 Å². The number of rotatable bonds is 3. The molecule has 0 amide bonds. The van der Waals surface area contributed by atoms with Crippen molar-refractivity contribution in [3.8, 4) is 6.07 Å². The highest BCUT2D eigenvalue weighted by atomic mass is 79.9. The summed E-state index contributed by atoms with van der Waals surface area (Å²) in [5, 5.41) is 9.78. The zero-order valence-corrected chi connectivity index (χ0v) is 19.1. The van der Waals surface area contributed by atoms with Crippen molar-refractivity contribution in [2.75, 3.05) is 0 Å². The summed E-state index contributed by atoms with van der Waals surface area (Å²) >= 11 is 3.44. The van der Waals surface area contributed by atoms with E-state index < -0.39 is 30.1 Å². The van der Waals surface area contributed by atoms with E-state index in [9.17, 15) is 5.26 Å². The Morgan fingerprint density at radius 3 is 2.63 bits per heavy atom. The Bertz CT molecular complexity index is 843. The smallest absolute Gasteiger partial charge is 0.201 e. The first-order chi connectivity index (χ1) is 14.4. The minimum Gasteiger partial charge on any atom is -0.329 e. The number of fused-ring (bicyclic) bond motifs is 2. The average molecular weight is 478 g/mol. The first-order valence-electron chi connectivity index (χ1n) is 10.9. The topological polar surface area (TPSA) is 69.9 Å². The normalized spacial score (nSPS) is 45.8. The first kappa shape index (κ1) is 20.9. The van der Waals surface area contributed by atoms with Gasteiger partial charge in [-0.25, -0.2) is 9.78 Å². The highest BCUT2D eigenvalue weighted by molar-refractivity contribution is 9.10. The summed E-state index contributed by atoms with van der Waals surface area (Å²) < 4.78 is 20.0. The molecule has 1 aromatic carbocycles. The van der Waals surface area contributed by atoms with Crippen LogP contribution >= 0.6 is 15.9 Å². The van der Waals surface area contributed by atoms with Crippen LogP contribution in [0.1, 0.15) is 58.1 Å². The molecule has 5 aliphatic rings. The van der Waals surface area contributed by atoms with Crippen molar-refractivity contribution in [2.24, 2.45) is 23.7 Å². The summed E-state index contributed by atoms with van der Waals surface area (Å²) in [4.78, 5) is 12.0. The Morgan fingerprint density at radius 2 is 1.90 bits per heavy atom. The monoisotopic (exact) mass is 477 g/mol. The molecule has 2 bridgehead atoms. The maximum absolute atomic E-state index is 9.78. The van der Waals surface area contributed by atoms with Crippen LogP contribution in [0.3, 0.4) is 0 Å². The highest BCUT2D eigenvalue weighted by Crippen LogP contribution is 2.60. The lowest BCUT2D eigenvalue weighted by Gasteiger charge is -2.60. The van der Waals surface area contributed by atoms with Gasteiger partial charge in [0.15, 0.2) is 24.3 Å². The summed E-state index contributed by atoms with van der Waals surface area (Å²) in [6, 6.07) is 9.90. The molecule has 5 fully saturated rings. The van der Waals surface area contributed by atoms with Crippen molar-refractivity contribution in [1.82, 2.24) is 0 Å². The summed E-state index contributed by atoms with van der Waals surface area (Å²) in [5.41, 5.74) is 0.189. The van der Waals surface area contributed by atoms with Crippen LogP contribution in [0, 0.1) is 35.0 Å². The van der Waals surface area contributed by atoms with Crippen molar-refractivity contribution in [3.05, 3.63) is 34.3 Å². The predicted octanol–water partition coefficient (Wildman–Crippen LogP) is 5.24. The van der Waals surface area contributed by atoms with Crippen LogP contribution in [0.2, 0.25) is 0 Å². The van der Waals surface area contributed by atoms with Gasteiger partial charge < -0.3 is 14.2 Å². The van der Waals surface area contributed by atoms with Gasteiger partial charge in [-0.2, -0.15) is 5.26 Å². The number of hydrogen-bond acceptors (Lipinski definition) is 6. The van der Waals surface area contributed by atoms with Crippen molar-refractivity contribution >= 4 is 15.9 Å². The minimum atomic E-state index is -0.816. The fourth-order valence-electron chi connectivity index (χ4n) is 5.98. The van der Waals surface area contributed by atoms with E-state index in [1.807, 2.05) is 31.2 Å². The number of hydrogen-bond donors (Lipinski definition) is 0. The van der Waals surface area contributed by atoms with E-state index in [-0.39, 0.29) is 11.8 Å². The molecule has 4 heterocycles. The van der Waals surface area contributed by atoms with E-state index in [4.69, 9.17) is 24.0 Å². The van der Waals surface area contributed by atoms with Gasteiger partial charge in [0.2, 0.25) is 5.79 Å². The number of nitrogens with zero attached hydrogens (tertiary/aromatic N) is 1. The van der Waals surface area contributed by atoms with E-state index in [2.05, 4.69) is 35.8 Å². The van der Waals surface area contributed by atoms with Crippen molar-refractivity contribution in [1.29, 1.82) is 5.26 Å². The summed E-state index contributed by atoms with van der Waals surface area (Å²) in [7, 11) is 0. The molecule has 4 saturated heterocycles. The molecule has 1 saturated carbocycles. The summed E-state index contributed by atoms with van der Waals surface area (Å²) in [5.74, 6) is 0.223. The second kappa shape index (κ2) is 7.54. The largest absolute Gasteiger partial charge is 0.329 e. The Labute approximate surface area is 185 Å². The Kier molecular flexibility index (Phi) is 5.25. The minimum absolute atomic E-state index is 0.0391. The Morgan fingerprint density at radius 1 is 1.13 bits per heavy atom. The predicted molar refractivity (Wildman–Crippen MR) is 110 cm³/mol. The highest BCUT2D eigenvalue weighted by Gasteiger charge is 2.69. The van der Waals surface area contributed by atoms with Gasteiger partial charge in [0, 0.05) is 22.7 Å². The van der Waals surface area contributed by atoms with Gasteiger partial charge in [0.05, 0.1) is 6.07 Å². The Hall–Kier alpha value is -1.01. The number of ether oxygens (including phenoxy) is 3. The lowest BCUT2D eigenvalue weighted by Crippen LogP contribution is -2.70. The zero-order valence-electron chi connectivity index (χ0n) is 17.5. The van der Waals surface area contributed by atoms with Gasteiger partial charge >= 0.3 is 0 Å². The molecule has 9 atom stereocenters. The molecule has 0 N–H and O–H groups in total. The van der Waals surface area contributed by atoms with Crippen LogP contribution in [-0.2, 0) is 24.0 Å². The molecular formula is C23H28BrNO5. The molecule has 1 spiro atoms. The maximum Gasteiger partial charge on any atom is 0.201 e. The van der Waals surface area contributed by atoms with Crippen LogP contribution in [-0.4, -0.2) is 24.0 Å². The fraction of sp³-hybridized carbons (Fsp3) is 0.696. The molecule has 6 rings (SSSR count).